The second-order valence-corrected chi connectivity index (χ2v) is 7.83. The normalized spacial score (nSPS) is 20.0. The number of carbonyl (C=O) groups is 3. The Hall–Kier alpha value is -2.84. The molecule has 160 valence electrons. The molecule has 1 aliphatic rings. The number of nitrogens with zero attached hydrogens (tertiary/aromatic N) is 1. The summed E-state index contributed by atoms with van der Waals surface area (Å²) in [5.74, 6) is -1.61. The van der Waals surface area contributed by atoms with E-state index in [1.165, 1.54) is 0 Å². The highest BCUT2D eigenvalue weighted by atomic mass is 16.5. The molecular weight excluding hydrogens is 376 g/mol. The second kappa shape index (κ2) is 10.6. The zero-order valence-corrected chi connectivity index (χ0v) is 16.9. The van der Waals surface area contributed by atoms with Crippen LogP contribution in [0.1, 0.15) is 56.3 Å². The van der Waals surface area contributed by atoms with Gasteiger partial charge in [-0.3, -0.25) is 9.59 Å². The third-order valence-corrected chi connectivity index (χ3v) is 4.94. The van der Waals surface area contributed by atoms with Crippen LogP contribution in [0.2, 0.25) is 0 Å². The molecular formula is C20H30N4O5. The molecule has 1 heterocycles. The number of nitrogens with two attached hydrogens (primary N) is 1. The fraction of sp³-hybridized carbons (Fsp3) is 0.600. The van der Waals surface area contributed by atoms with Gasteiger partial charge in [-0.05, 0) is 50.2 Å². The molecule has 1 unspecified atom stereocenters. The summed E-state index contributed by atoms with van der Waals surface area (Å²) in [5.41, 5.74) is 5.59. The summed E-state index contributed by atoms with van der Waals surface area (Å²) in [7, 11) is 0. The maximum Gasteiger partial charge on any atom is 0.315 e. The first kappa shape index (κ1) is 22.4. The van der Waals surface area contributed by atoms with E-state index in [0.29, 0.717) is 32.1 Å². The number of hydrogen-bond donors (Lipinski definition) is 4. The molecule has 1 aliphatic carbocycles. The third kappa shape index (κ3) is 7.24. The molecule has 5 N–H and O–H groups in total. The number of aliphatic carboxylic acids is 1. The van der Waals surface area contributed by atoms with Crippen LogP contribution < -0.4 is 21.1 Å². The first-order valence-corrected chi connectivity index (χ1v) is 9.94. The highest BCUT2D eigenvalue weighted by Crippen LogP contribution is 2.24. The lowest BCUT2D eigenvalue weighted by Gasteiger charge is -2.29. The van der Waals surface area contributed by atoms with Crippen LogP contribution in [0.3, 0.4) is 0 Å². The molecule has 29 heavy (non-hydrogen) atoms. The number of carbonyl (C=O) groups excluding carboxylic acids is 2. The summed E-state index contributed by atoms with van der Waals surface area (Å²) < 4.78 is 5.84. The monoisotopic (exact) mass is 406 g/mol. The smallest absolute Gasteiger partial charge is 0.315 e. The Labute approximate surface area is 170 Å². The van der Waals surface area contributed by atoms with E-state index in [4.69, 9.17) is 10.5 Å². The highest BCUT2D eigenvalue weighted by molar-refractivity contribution is 5.94. The van der Waals surface area contributed by atoms with Gasteiger partial charge in [-0.25, -0.2) is 9.78 Å². The number of ether oxygens (including phenoxy) is 1. The van der Waals surface area contributed by atoms with Crippen molar-refractivity contribution >= 4 is 17.9 Å². The SMILES string of the molecule is CC(C)CC(CNC(=O)NC1CCC(Oc2ncccc2C(N)=O)CC1)C(=O)O. The first-order valence-electron chi connectivity index (χ1n) is 9.94. The van der Waals surface area contributed by atoms with Crippen LogP contribution in [0.25, 0.3) is 0 Å². The fourth-order valence-corrected chi connectivity index (χ4v) is 3.45. The first-order chi connectivity index (χ1) is 13.8. The number of carboxylic acids is 1. The summed E-state index contributed by atoms with van der Waals surface area (Å²) in [5, 5.41) is 14.8. The van der Waals surface area contributed by atoms with Crippen molar-refractivity contribution in [1.82, 2.24) is 15.6 Å². The molecule has 9 heteroatoms. The van der Waals surface area contributed by atoms with Gasteiger partial charge in [-0.2, -0.15) is 0 Å². The number of hydrogen-bond acceptors (Lipinski definition) is 5. The molecule has 1 atom stereocenters. The van der Waals surface area contributed by atoms with Crippen molar-refractivity contribution in [2.24, 2.45) is 17.6 Å². The Morgan fingerprint density at radius 1 is 1.28 bits per heavy atom. The molecule has 1 aromatic heterocycles. The summed E-state index contributed by atoms with van der Waals surface area (Å²) >= 11 is 0. The maximum absolute atomic E-state index is 12.1. The topological polar surface area (TPSA) is 144 Å². The third-order valence-electron chi connectivity index (χ3n) is 4.94. The van der Waals surface area contributed by atoms with Gasteiger partial charge >= 0.3 is 12.0 Å². The number of rotatable bonds is 9. The van der Waals surface area contributed by atoms with Crippen LogP contribution in [-0.2, 0) is 4.79 Å². The van der Waals surface area contributed by atoms with Crippen molar-refractivity contribution in [3.63, 3.8) is 0 Å². The lowest BCUT2D eigenvalue weighted by atomic mass is 9.93. The summed E-state index contributed by atoms with van der Waals surface area (Å²) in [6.45, 7) is 4.01. The molecule has 1 saturated carbocycles. The number of primary amides is 1. The molecule has 9 nitrogen and oxygen atoms in total. The van der Waals surface area contributed by atoms with Crippen LogP contribution in [-0.4, -0.2) is 46.7 Å². The van der Waals surface area contributed by atoms with Crippen LogP contribution in [0.5, 0.6) is 5.88 Å². The average molecular weight is 406 g/mol. The minimum Gasteiger partial charge on any atom is -0.481 e. The van der Waals surface area contributed by atoms with Crippen LogP contribution in [0.4, 0.5) is 4.79 Å². The minimum absolute atomic E-state index is 0.0115. The van der Waals surface area contributed by atoms with Crippen molar-refractivity contribution in [2.45, 2.75) is 58.1 Å². The lowest BCUT2D eigenvalue weighted by molar-refractivity contribution is -0.142. The van der Waals surface area contributed by atoms with Gasteiger partial charge < -0.3 is 26.2 Å². The predicted molar refractivity (Wildman–Crippen MR) is 107 cm³/mol. The average Bonchev–Trinajstić information content (AvgIpc) is 2.66. The van der Waals surface area contributed by atoms with E-state index in [0.717, 1.165) is 0 Å². The molecule has 0 saturated heterocycles. The minimum atomic E-state index is -0.901. The van der Waals surface area contributed by atoms with Gasteiger partial charge in [0.15, 0.2) is 0 Å². The summed E-state index contributed by atoms with van der Waals surface area (Å²) in [6, 6.07) is 2.83. The van der Waals surface area contributed by atoms with Crippen LogP contribution >= 0.6 is 0 Å². The van der Waals surface area contributed by atoms with Crippen molar-refractivity contribution in [3.8, 4) is 5.88 Å². The second-order valence-electron chi connectivity index (χ2n) is 7.83. The Bertz CT molecular complexity index is 717. The zero-order valence-electron chi connectivity index (χ0n) is 16.9. The number of urea groups is 1. The van der Waals surface area contributed by atoms with E-state index in [2.05, 4.69) is 15.6 Å². The van der Waals surface area contributed by atoms with Gasteiger partial charge in [0.25, 0.3) is 5.91 Å². The van der Waals surface area contributed by atoms with Gasteiger partial charge in [0.1, 0.15) is 11.7 Å². The van der Waals surface area contributed by atoms with E-state index in [-0.39, 0.29) is 42.1 Å². The van der Waals surface area contributed by atoms with Gasteiger partial charge in [0, 0.05) is 18.8 Å². The Morgan fingerprint density at radius 3 is 2.55 bits per heavy atom. The number of nitrogens with one attached hydrogen (secondary N) is 2. The molecule has 0 aromatic carbocycles. The predicted octanol–water partition coefficient (Wildman–Crippen LogP) is 1.92. The number of aromatic nitrogens is 1. The number of carboxylic acid groups (broad SMARTS) is 1. The molecule has 0 bridgehead atoms. The molecule has 2 rings (SSSR count). The van der Waals surface area contributed by atoms with Crippen LogP contribution in [0.15, 0.2) is 18.3 Å². The molecule has 1 fully saturated rings. The van der Waals surface area contributed by atoms with E-state index >= 15 is 0 Å². The lowest BCUT2D eigenvalue weighted by Crippen LogP contribution is -2.46. The summed E-state index contributed by atoms with van der Waals surface area (Å²) in [4.78, 5) is 38.9. The van der Waals surface area contributed by atoms with E-state index in [1.54, 1.807) is 18.3 Å². The van der Waals surface area contributed by atoms with Gasteiger partial charge in [0.2, 0.25) is 5.88 Å². The molecule has 1 aromatic rings. The fourth-order valence-electron chi connectivity index (χ4n) is 3.45. The van der Waals surface area contributed by atoms with Gasteiger partial charge in [-0.1, -0.05) is 13.8 Å². The van der Waals surface area contributed by atoms with Crippen molar-refractivity contribution in [1.29, 1.82) is 0 Å². The molecule has 0 aliphatic heterocycles. The van der Waals surface area contributed by atoms with E-state index in [1.807, 2.05) is 13.8 Å². The van der Waals surface area contributed by atoms with Crippen molar-refractivity contribution in [3.05, 3.63) is 23.9 Å². The standard InChI is InChI=1S/C20H30N4O5/c1-12(2)10-13(19(26)27)11-23-20(28)24-14-5-7-15(8-6-14)29-18-16(17(21)25)4-3-9-22-18/h3-4,9,12-15H,5-8,10-11H2,1-2H3,(H2,21,25)(H,26,27)(H2,23,24,28). The quantitative estimate of drug-likeness (QED) is 0.493. The largest absolute Gasteiger partial charge is 0.481 e. The molecule has 0 spiro atoms. The van der Waals surface area contributed by atoms with Crippen molar-refractivity contribution < 1.29 is 24.2 Å². The Kier molecular flexibility index (Phi) is 8.23. The van der Waals surface area contributed by atoms with Gasteiger partial charge in [0.05, 0.1) is 5.92 Å². The molecule has 0 radical (unpaired) electrons. The zero-order chi connectivity index (χ0) is 21.4. The van der Waals surface area contributed by atoms with Gasteiger partial charge in [-0.15, -0.1) is 0 Å². The van der Waals surface area contributed by atoms with E-state index in [9.17, 15) is 19.5 Å². The summed E-state index contributed by atoms with van der Waals surface area (Å²) in [6.07, 6.45) is 4.78. The highest BCUT2D eigenvalue weighted by Gasteiger charge is 2.26. The number of amides is 3. The van der Waals surface area contributed by atoms with Crippen LogP contribution in [0, 0.1) is 11.8 Å². The van der Waals surface area contributed by atoms with Crippen molar-refractivity contribution in [2.75, 3.05) is 6.54 Å². The van der Waals surface area contributed by atoms with E-state index < -0.39 is 17.8 Å². The Morgan fingerprint density at radius 2 is 1.97 bits per heavy atom. The molecule has 3 amide bonds. The maximum atomic E-state index is 12.1. The number of pyridine rings is 1. The Balaban J connectivity index is 1.76.